The molecule has 0 radical (unpaired) electrons. The normalized spacial score (nSPS) is 16.7. The third-order valence-electron chi connectivity index (χ3n) is 4.52. The molecule has 28 heavy (non-hydrogen) atoms. The van der Waals surface area contributed by atoms with Gasteiger partial charge in [-0.3, -0.25) is 19.5 Å². The Balaban J connectivity index is 1.92. The van der Waals surface area contributed by atoms with Crippen LogP contribution in [0.5, 0.6) is 0 Å². The minimum atomic E-state index is -0.956. The van der Waals surface area contributed by atoms with E-state index in [2.05, 4.69) is 9.55 Å². The summed E-state index contributed by atoms with van der Waals surface area (Å²) in [6, 6.07) is 4.80. The molecule has 0 saturated carbocycles. The van der Waals surface area contributed by atoms with Gasteiger partial charge in [-0.25, -0.2) is 4.79 Å². The van der Waals surface area contributed by atoms with Crippen LogP contribution in [0, 0.1) is 13.8 Å². The predicted octanol–water partition coefficient (Wildman–Crippen LogP) is 3.48. The summed E-state index contributed by atoms with van der Waals surface area (Å²) in [6.45, 7) is 7.28. The van der Waals surface area contributed by atoms with Gasteiger partial charge in [0.1, 0.15) is 6.04 Å². The average molecular weight is 399 g/mol. The molecular weight excluding hydrogens is 378 g/mol. The van der Waals surface area contributed by atoms with Crippen molar-refractivity contribution in [3.05, 3.63) is 52.4 Å². The molecule has 1 atom stereocenters. The fraction of sp³-hybridized carbons (Fsp3) is 0.300. The summed E-state index contributed by atoms with van der Waals surface area (Å²) in [4.78, 5) is 42.3. The topological polar surface area (TPSA) is 81.5 Å². The van der Waals surface area contributed by atoms with Gasteiger partial charge in [-0.1, -0.05) is 0 Å². The molecule has 0 N–H and O–H groups in total. The minimum Gasteiger partial charge on any atom is -0.464 e. The number of hydrogen-bond acceptors (Lipinski definition) is 6. The number of esters is 1. The van der Waals surface area contributed by atoms with E-state index in [1.54, 1.807) is 25.4 Å². The fourth-order valence-electron chi connectivity index (χ4n) is 3.15. The highest BCUT2D eigenvalue weighted by Crippen LogP contribution is 2.35. The first-order valence-corrected chi connectivity index (χ1v) is 9.69. The summed E-state index contributed by atoms with van der Waals surface area (Å²) in [7, 11) is 0. The van der Waals surface area contributed by atoms with Crippen LogP contribution in [0.2, 0.25) is 0 Å². The molecule has 2 aromatic rings. The minimum absolute atomic E-state index is 0.191. The number of hydrogen-bond donors (Lipinski definition) is 0. The summed E-state index contributed by atoms with van der Waals surface area (Å²) in [6.07, 6.45) is 5.13. The van der Waals surface area contributed by atoms with E-state index in [9.17, 15) is 14.4 Å². The number of pyridine rings is 1. The van der Waals surface area contributed by atoms with Crippen molar-refractivity contribution in [2.75, 3.05) is 6.61 Å². The van der Waals surface area contributed by atoms with Crippen molar-refractivity contribution >= 4 is 35.0 Å². The second kappa shape index (κ2) is 8.02. The van der Waals surface area contributed by atoms with Crippen molar-refractivity contribution in [3.63, 3.8) is 0 Å². The summed E-state index contributed by atoms with van der Waals surface area (Å²) in [5.41, 5.74) is 3.74. The molecule has 1 aliphatic heterocycles. The number of carbonyl (C=O) groups is 3. The standard InChI is InChI=1S/C20H21N3O4S/c1-5-27-19(25)14(4)23-18(24)17(28-20(23)26)11-15-10-12(2)22(13(15)3)16-6-8-21-9-7-16/h6-11,14H,5H2,1-4H3. The van der Waals surface area contributed by atoms with Crippen LogP contribution in [0.4, 0.5) is 4.79 Å². The maximum Gasteiger partial charge on any atom is 0.329 e. The molecule has 1 aliphatic rings. The predicted molar refractivity (Wildman–Crippen MR) is 107 cm³/mol. The van der Waals surface area contributed by atoms with E-state index in [1.807, 2.05) is 32.0 Å². The number of aromatic nitrogens is 2. The van der Waals surface area contributed by atoms with Crippen molar-refractivity contribution in [1.29, 1.82) is 0 Å². The molecule has 3 rings (SSSR count). The van der Waals surface area contributed by atoms with E-state index in [4.69, 9.17) is 4.74 Å². The highest BCUT2D eigenvalue weighted by molar-refractivity contribution is 8.18. The van der Waals surface area contributed by atoms with Crippen LogP contribution < -0.4 is 0 Å². The number of aryl methyl sites for hydroxylation is 1. The smallest absolute Gasteiger partial charge is 0.329 e. The molecule has 146 valence electrons. The molecule has 0 spiro atoms. The molecular formula is C20H21N3O4S. The SMILES string of the molecule is CCOC(=O)C(C)N1C(=O)SC(=Cc2cc(C)n(-c3ccncc3)c2C)C1=O. The molecule has 0 bridgehead atoms. The first kappa shape index (κ1) is 19.9. The summed E-state index contributed by atoms with van der Waals surface area (Å²) in [5.74, 6) is -1.08. The van der Waals surface area contributed by atoms with E-state index < -0.39 is 23.2 Å². The van der Waals surface area contributed by atoms with Gasteiger partial charge in [-0.2, -0.15) is 0 Å². The number of rotatable bonds is 5. The summed E-state index contributed by atoms with van der Waals surface area (Å²) >= 11 is 0.832. The Morgan fingerprint density at radius 2 is 1.96 bits per heavy atom. The van der Waals surface area contributed by atoms with Gasteiger partial charge in [-0.05, 0) is 69.3 Å². The molecule has 8 heteroatoms. The lowest BCUT2D eigenvalue weighted by Gasteiger charge is -2.19. The molecule has 2 amide bonds. The number of amides is 2. The highest BCUT2D eigenvalue weighted by Gasteiger charge is 2.41. The van der Waals surface area contributed by atoms with E-state index >= 15 is 0 Å². The monoisotopic (exact) mass is 399 g/mol. The second-order valence-electron chi connectivity index (χ2n) is 6.35. The molecule has 1 fully saturated rings. The highest BCUT2D eigenvalue weighted by atomic mass is 32.2. The van der Waals surface area contributed by atoms with Gasteiger partial charge in [-0.15, -0.1) is 0 Å². The van der Waals surface area contributed by atoms with Crippen molar-refractivity contribution in [2.45, 2.75) is 33.7 Å². The van der Waals surface area contributed by atoms with Gasteiger partial charge in [0.25, 0.3) is 11.1 Å². The molecule has 3 heterocycles. The molecule has 0 aromatic carbocycles. The van der Waals surface area contributed by atoms with Gasteiger partial charge in [0, 0.05) is 29.5 Å². The Hall–Kier alpha value is -2.87. The number of ether oxygens (including phenoxy) is 1. The van der Waals surface area contributed by atoms with E-state index in [-0.39, 0.29) is 11.5 Å². The zero-order valence-corrected chi connectivity index (χ0v) is 16.9. The zero-order valence-electron chi connectivity index (χ0n) is 16.1. The Morgan fingerprint density at radius 1 is 1.29 bits per heavy atom. The fourth-order valence-corrected chi connectivity index (χ4v) is 4.05. The first-order valence-electron chi connectivity index (χ1n) is 8.88. The van der Waals surface area contributed by atoms with Crippen LogP contribution in [-0.4, -0.2) is 44.2 Å². The summed E-state index contributed by atoms with van der Waals surface area (Å²) in [5, 5.41) is -0.472. The van der Waals surface area contributed by atoms with Gasteiger partial charge < -0.3 is 9.30 Å². The van der Waals surface area contributed by atoms with Crippen LogP contribution in [-0.2, 0) is 14.3 Å². The Bertz CT molecular complexity index is 965. The van der Waals surface area contributed by atoms with E-state index in [0.29, 0.717) is 0 Å². The average Bonchev–Trinajstić information content (AvgIpc) is 3.10. The number of imide groups is 1. The molecule has 2 aromatic heterocycles. The van der Waals surface area contributed by atoms with E-state index in [1.165, 1.54) is 6.92 Å². The number of nitrogens with zero attached hydrogens (tertiary/aromatic N) is 3. The Labute approximate surface area is 167 Å². The Kier molecular flexibility index (Phi) is 5.69. The largest absolute Gasteiger partial charge is 0.464 e. The zero-order chi connectivity index (χ0) is 20.4. The lowest BCUT2D eigenvalue weighted by Crippen LogP contribution is -2.42. The third-order valence-corrected chi connectivity index (χ3v) is 5.40. The molecule has 1 unspecified atom stereocenters. The lowest BCUT2D eigenvalue weighted by molar-refractivity contribution is -0.150. The van der Waals surface area contributed by atoms with Crippen LogP contribution in [0.3, 0.4) is 0 Å². The summed E-state index contributed by atoms with van der Waals surface area (Å²) < 4.78 is 6.99. The van der Waals surface area contributed by atoms with Crippen molar-refractivity contribution in [2.24, 2.45) is 0 Å². The number of thioether (sulfide) groups is 1. The van der Waals surface area contributed by atoms with Crippen LogP contribution in [0.1, 0.15) is 30.8 Å². The van der Waals surface area contributed by atoms with Gasteiger partial charge in [0.05, 0.1) is 11.5 Å². The van der Waals surface area contributed by atoms with Crippen LogP contribution in [0.25, 0.3) is 11.8 Å². The number of carbonyl (C=O) groups excluding carboxylic acids is 3. The van der Waals surface area contributed by atoms with Crippen LogP contribution >= 0.6 is 11.8 Å². The van der Waals surface area contributed by atoms with Crippen molar-refractivity contribution < 1.29 is 19.1 Å². The van der Waals surface area contributed by atoms with Crippen molar-refractivity contribution in [3.8, 4) is 5.69 Å². The first-order chi connectivity index (χ1) is 13.3. The molecule has 7 nitrogen and oxygen atoms in total. The quantitative estimate of drug-likeness (QED) is 0.566. The molecule has 0 aliphatic carbocycles. The molecule has 1 saturated heterocycles. The van der Waals surface area contributed by atoms with Gasteiger partial charge in [0.2, 0.25) is 0 Å². The van der Waals surface area contributed by atoms with Gasteiger partial charge in [0.15, 0.2) is 0 Å². The second-order valence-corrected chi connectivity index (χ2v) is 7.34. The third kappa shape index (κ3) is 3.60. The van der Waals surface area contributed by atoms with E-state index in [0.717, 1.165) is 39.3 Å². The van der Waals surface area contributed by atoms with Gasteiger partial charge >= 0.3 is 5.97 Å². The van der Waals surface area contributed by atoms with Crippen LogP contribution in [0.15, 0.2) is 35.5 Å². The maximum absolute atomic E-state index is 12.7. The lowest BCUT2D eigenvalue weighted by atomic mass is 10.2. The van der Waals surface area contributed by atoms with Crippen molar-refractivity contribution in [1.82, 2.24) is 14.5 Å². The Morgan fingerprint density at radius 3 is 2.61 bits per heavy atom. The maximum atomic E-state index is 12.7.